The summed E-state index contributed by atoms with van der Waals surface area (Å²) in [7, 11) is 1.78. The number of nitrogens with one attached hydrogen (secondary N) is 1. The van der Waals surface area contributed by atoms with Gasteiger partial charge >= 0.3 is 0 Å². The second kappa shape index (κ2) is 5.80. The zero-order chi connectivity index (χ0) is 13.8. The molecular formula is C15H15F2NO. The van der Waals surface area contributed by atoms with Crippen LogP contribution in [0.15, 0.2) is 42.5 Å². The smallest absolute Gasteiger partial charge is 0.132 e. The van der Waals surface area contributed by atoms with Crippen molar-refractivity contribution in [1.29, 1.82) is 0 Å². The SMILES string of the molecule is CNC(C)c1cc(F)ccc1Oc1cccc(F)c1. The van der Waals surface area contributed by atoms with Crippen LogP contribution in [-0.4, -0.2) is 7.05 Å². The van der Waals surface area contributed by atoms with Gasteiger partial charge in [-0.1, -0.05) is 6.07 Å². The zero-order valence-corrected chi connectivity index (χ0v) is 10.8. The van der Waals surface area contributed by atoms with Crippen LogP contribution in [0.25, 0.3) is 0 Å². The second-order valence-electron chi connectivity index (χ2n) is 4.25. The van der Waals surface area contributed by atoms with Crippen molar-refractivity contribution in [3.8, 4) is 11.5 Å². The van der Waals surface area contributed by atoms with E-state index >= 15 is 0 Å². The van der Waals surface area contributed by atoms with Crippen LogP contribution in [0.1, 0.15) is 18.5 Å². The van der Waals surface area contributed by atoms with E-state index in [4.69, 9.17) is 4.74 Å². The van der Waals surface area contributed by atoms with Crippen LogP contribution < -0.4 is 10.1 Å². The van der Waals surface area contributed by atoms with Gasteiger partial charge in [-0.3, -0.25) is 0 Å². The lowest BCUT2D eigenvalue weighted by atomic mass is 10.1. The molecule has 19 heavy (non-hydrogen) atoms. The van der Waals surface area contributed by atoms with Gasteiger partial charge in [0.2, 0.25) is 0 Å². The second-order valence-corrected chi connectivity index (χ2v) is 4.25. The lowest BCUT2D eigenvalue weighted by Crippen LogP contribution is -2.13. The van der Waals surface area contributed by atoms with Crippen molar-refractivity contribution in [3.63, 3.8) is 0 Å². The van der Waals surface area contributed by atoms with Crippen molar-refractivity contribution >= 4 is 0 Å². The Morgan fingerprint density at radius 2 is 1.79 bits per heavy atom. The predicted octanol–water partition coefficient (Wildman–Crippen LogP) is 4.04. The Balaban J connectivity index is 2.34. The highest BCUT2D eigenvalue weighted by Gasteiger charge is 2.12. The Bertz CT molecular complexity index is 572. The number of rotatable bonds is 4. The molecule has 0 heterocycles. The quantitative estimate of drug-likeness (QED) is 0.899. The van der Waals surface area contributed by atoms with Gasteiger partial charge in [-0.2, -0.15) is 0 Å². The van der Waals surface area contributed by atoms with Crippen LogP contribution in [0.4, 0.5) is 8.78 Å². The summed E-state index contributed by atoms with van der Waals surface area (Å²) in [6, 6.07) is 10.1. The maximum atomic E-state index is 13.3. The molecule has 0 saturated carbocycles. The number of ether oxygens (including phenoxy) is 1. The van der Waals surface area contributed by atoms with E-state index < -0.39 is 0 Å². The van der Waals surface area contributed by atoms with Gasteiger partial charge in [0.05, 0.1) is 0 Å². The summed E-state index contributed by atoms with van der Waals surface area (Å²) in [5, 5.41) is 3.03. The number of hydrogen-bond acceptors (Lipinski definition) is 2. The van der Waals surface area contributed by atoms with Crippen molar-refractivity contribution in [2.45, 2.75) is 13.0 Å². The monoisotopic (exact) mass is 263 g/mol. The molecule has 0 aliphatic heterocycles. The van der Waals surface area contributed by atoms with Gasteiger partial charge in [-0.05, 0) is 44.3 Å². The highest BCUT2D eigenvalue weighted by molar-refractivity contribution is 5.40. The van der Waals surface area contributed by atoms with Gasteiger partial charge in [0.15, 0.2) is 0 Å². The molecule has 2 nitrogen and oxygen atoms in total. The summed E-state index contributed by atoms with van der Waals surface area (Å²) in [4.78, 5) is 0. The van der Waals surface area contributed by atoms with Gasteiger partial charge in [0, 0.05) is 17.7 Å². The van der Waals surface area contributed by atoms with Crippen LogP contribution in [0.5, 0.6) is 11.5 Å². The Morgan fingerprint density at radius 3 is 2.47 bits per heavy atom. The van der Waals surface area contributed by atoms with E-state index in [0.29, 0.717) is 17.1 Å². The minimum absolute atomic E-state index is 0.0701. The van der Waals surface area contributed by atoms with Gasteiger partial charge in [0.25, 0.3) is 0 Å². The largest absolute Gasteiger partial charge is 0.457 e. The molecule has 0 radical (unpaired) electrons. The maximum absolute atomic E-state index is 13.3. The fraction of sp³-hybridized carbons (Fsp3) is 0.200. The molecule has 2 aromatic rings. The van der Waals surface area contributed by atoms with E-state index in [0.717, 1.165) is 0 Å². The molecule has 0 bridgehead atoms. The summed E-state index contributed by atoms with van der Waals surface area (Å²) >= 11 is 0. The van der Waals surface area contributed by atoms with Crippen molar-refractivity contribution in [2.75, 3.05) is 7.05 Å². The first-order valence-corrected chi connectivity index (χ1v) is 6.00. The van der Waals surface area contributed by atoms with Crippen LogP contribution >= 0.6 is 0 Å². The van der Waals surface area contributed by atoms with E-state index in [2.05, 4.69) is 5.32 Å². The minimum atomic E-state index is -0.372. The van der Waals surface area contributed by atoms with E-state index in [1.807, 2.05) is 6.92 Å². The van der Waals surface area contributed by atoms with Gasteiger partial charge in [-0.15, -0.1) is 0 Å². The number of benzene rings is 2. The normalized spacial score (nSPS) is 12.2. The first-order valence-electron chi connectivity index (χ1n) is 6.00. The van der Waals surface area contributed by atoms with Crippen LogP contribution in [-0.2, 0) is 0 Å². The third kappa shape index (κ3) is 3.29. The first kappa shape index (κ1) is 13.5. The molecule has 0 fully saturated rings. The summed E-state index contributed by atoms with van der Waals surface area (Å²) in [5.41, 5.74) is 0.687. The minimum Gasteiger partial charge on any atom is -0.457 e. The van der Waals surface area contributed by atoms with Crippen LogP contribution in [0, 0.1) is 11.6 Å². The van der Waals surface area contributed by atoms with Crippen molar-refractivity contribution < 1.29 is 13.5 Å². The standard InChI is InChI=1S/C15H15F2NO/c1-10(18-2)14-9-12(17)6-7-15(14)19-13-5-3-4-11(16)8-13/h3-10,18H,1-2H3. The third-order valence-corrected chi connectivity index (χ3v) is 2.90. The molecule has 1 N–H and O–H groups in total. The van der Waals surface area contributed by atoms with Gasteiger partial charge in [-0.25, -0.2) is 8.78 Å². The molecule has 1 unspecified atom stereocenters. The van der Waals surface area contributed by atoms with Crippen molar-refractivity contribution in [3.05, 3.63) is 59.7 Å². The molecule has 2 rings (SSSR count). The number of halogens is 2. The lowest BCUT2D eigenvalue weighted by Gasteiger charge is -2.16. The Labute approximate surface area is 111 Å². The molecule has 2 aromatic carbocycles. The highest BCUT2D eigenvalue weighted by Crippen LogP contribution is 2.30. The summed E-state index contributed by atoms with van der Waals surface area (Å²) in [6.45, 7) is 1.90. The average Bonchev–Trinajstić information content (AvgIpc) is 2.40. The van der Waals surface area contributed by atoms with Gasteiger partial charge in [0.1, 0.15) is 23.1 Å². The topological polar surface area (TPSA) is 21.3 Å². The fourth-order valence-electron chi connectivity index (χ4n) is 1.76. The molecule has 1 atom stereocenters. The molecule has 0 aliphatic carbocycles. The Morgan fingerprint density at radius 1 is 1.05 bits per heavy atom. The molecule has 0 aliphatic rings. The summed E-state index contributed by atoms with van der Waals surface area (Å²) < 4.78 is 32.0. The highest BCUT2D eigenvalue weighted by atomic mass is 19.1. The Hall–Kier alpha value is -1.94. The van der Waals surface area contributed by atoms with Crippen molar-refractivity contribution in [2.24, 2.45) is 0 Å². The van der Waals surface area contributed by atoms with Crippen LogP contribution in [0.3, 0.4) is 0 Å². The average molecular weight is 263 g/mol. The predicted molar refractivity (Wildman–Crippen MR) is 70.3 cm³/mol. The van der Waals surface area contributed by atoms with Crippen LogP contribution in [0.2, 0.25) is 0 Å². The van der Waals surface area contributed by atoms with E-state index in [-0.39, 0.29) is 17.7 Å². The van der Waals surface area contributed by atoms with E-state index in [1.165, 1.54) is 24.3 Å². The van der Waals surface area contributed by atoms with E-state index in [1.54, 1.807) is 25.2 Å². The number of hydrogen-bond donors (Lipinski definition) is 1. The Kier molecular flexibility index (Phi) is 4.12. The van der Waals surface area contributed by atoms with Gasteiger partial charge < -0.3 is 10.1 Å². The molecule has 0 aromatic heterocycles. The van der Waals surface area contributed by atoms with Crippen molar-refractivity contribution in [1.82, 2.24) is 5.32 Å². The molecule has 0 saturated heterocycles. The summed E-state index contributed by atoms with van der Waals surface area (Å²) in [6.07, 6.45) is 0. The summed E-state index contributed by atoms with van der Waals surface area (Å²) in [5.74, 6) is 0.191. The fourth-order valence-corrected chi connectivity index (χ4v) is 1.76. The molecular weight excluding hydrogens is 248 g/mol. The third-order valence-electron chi connectivity index (χ3n) is 2.90. The van der Waals surface area contributed by atoms with E-state index in [9.17, 15) is 8.78 Å². The molecule has 0 amide bonds. The molecule has 100 valence electrons. The lowest BCUT2D eigenvalue weighted by molar-refractivity contribution is 0.458. The molecule has 4 heteroatoms. The zero-order valence-electron chi connectivity index (χ0n) is 10.8. The molecule has 0 spiro atoms. The maximum Gasteiger partial charge on any atom is 0.132 e. The first-order chi connectivity index (χ1) is 9.10.